The van der Waals surface area contributed by atoms with E-state index in [0.29, 0.717) is 0 Å². The van der Waals surface area contributed by atoms with Gasteiger partial charge in [0.1, 0.15) is 0 Å². The molecule has 0 amide bonds. The largest absolute Gasteiger partial charge is 0.481 e. The summed E-state index contributed by atoms with van der Waals surface area (Å²) in [5.74, 6) is -1.00. The lowest BCUT2D eigenvalue weighted by Crippen LogP contribution is -2.13. The molecule has 5 nitrogen and oxygen atoms in total. The zero-order valence-electron chi connectivity index (χ0n) is 9.37. The Morgan fingerprint density at radius 3 is 2.59 bits per heavy atom. The van der Waals surface area contributed by atoms with Crippen LogP contribution in [0.25, 0.3) is 0 Å². The fraction of sp³-hybridized carbons (Fsp3) is 0.400. The van der Waals surface area contributed by atoms with Crippen molar-refractivity contribution in [3.63, 3.8) is 0 Å². The van der Waals surface area contributed by atoms with Crippen LogP contribution in [0.1, 0.15) is 28.0 Å². The van der Waals surface area contributed by atoms with Gasteiger partial charge in [0.2, 0.25) is 5.88 Å². The van der Waals surface area contributed by atoms with Crippen LogP contribution in [0, 0.1) is 0 Å². The third-order valence-electron chi connectivity index (χ3n) is 2.12. The minimum atomic E-state index is -2.80. The predicted molar refractivity (Wildman–Crippen MR) is 55.0 cm³/mol. The van der Waals surface area contributed by atoms with Crippen molar-refractivity contribution in [3.8, 4) is 5.88 Å². The number of carbonyl (C=O) groups excluding carboxylic acids is 1. The van der Waals surface area contributed by atoms with E-state index in [0.717, 1.165) is 13.2 Å². The number of carbonyl (C=O) groups is 1. The van der Waals surface area contributed by atoms with E-state index >= 15 is 0 Å². The number of esters is 1. The molecule has 0 bridgehead atoms. The van der Waals surface area contributed by atoms with E-state index in [1.54, 1.807) is 0 Å². The lowest BCUT2D eigenvalue weighted by Gasteiger charge is -2.11. The number of nitrogens with two attached hydrogens (primary N) is 1. The Morgan fingerprint density at radius 2 is 2.18 bits per heavy atom. The maximum absolute atomic E-state index is 12.7. The maximum Gasteiger partial charge on any atom is 0.339 e. The first kappa shape index (κ1) is 13.3. The molecule has 94 valence electrons. The van der Waals surface area contributed by atoms with Crippen molar-refractivity contribution in [1.82, 2.24) is 4.98 Å². The Hall–Kier alpha value is -1.76. The summed E-state index contributed by atoms with van der Waals surface area (Å²) >= 11 is 0. The lowest BCUT2D eigenvalue weighted by molar-refractivity contribution is 0.0598. The summed E-state index contributed by atoms with van der Waals surface area (Å²) in [5, 5.41) is 0. The van der Waals surface area contributed by atoms with Gasteiger partial charge in [0.15, 0.2) is 0 Å². The van der Waals surface area contributed by atoms with Gasteiger partial charge in [0.25, 0.3) is 6.43 Å². The Bertz CT molecular complexity index is 424. The van der Waals surface area contributed by atoms with Crippen LogP contribution in [0.15, 0.2) is 6.07 Å². The number of halogens is 2. The van der Waals surface area contributed by atoms with E-state index in [1.165, 1.54) is 7.11 Å². The quantitative estimate of drug-likeness (QED) is 0.810. The van der Waals surface area contributed by atoms with Crippen molar-refractivity contribution in [2.24, 2.45) is 5.73 Å². The first-order valence-corrected chi connectivity index (χ1v) is 4.69. The normalized spacial score (nSPS) is 10.5. The monoisotopic (exact) mass is 246 g/mol. The number of aromatic nitrogens is 1. The molecule has 0 fully saturated rings. The molecule has 1 rings (SSSR count). The molecule has 0 spiro atoms. The fourth-order valence-corrected chi connectivity index (χ4v) is 1.31. The van der Waals surface area contributed by atoms with Crippen LogP contribution in [-0.4, -0.2) is 25.2 Å². The molecule has 0 radical (unpaired) electrons. The number of nitrogens with zero attached hydrogens (tertiary/aromatic N) is 1. The van der Waals surface area contributed by atoms with Gasteiger partial charge < -0.3 is 15.2 Å². The number of ether oxygens (including phenoxy) is 2. The molecule has 1 heterocycles. The zero-order chi connectivity index (χ0) is 13.0. The highest BCUT2D eigenvalue weighted by Gasteiger charge is 2.22. The summed E-state index contributed by atoms with van der Waals surface area (Å²) in [6.45, 7) is -0.0791. The summed E-state index contributed by atoms with van der Waals surface area (Å²) < 4.78 is 34.6. The molecule has 0 aliphatic heterocycles. The van der Waals surface area contributed by atoms with Crippen LogP contribution in [0.2, 0.25) is 0 Å². The minimum absolute atomic E-state index is 0.0777. The van der Waals surface area contributed by atoms with Gasteiger partial charge in [-0.1, -0.05) is 0 Å². The van der Waals surface area contributed by atoms with E-state index in [2.05, 4.69) is 9.72 Å². The highest BCUT2D eigenvalue weighted by molar-refractivity contribution is 5.90. The first-order valence-electron chi connectivity index (χ1n) is 4.69. The molecule has 0 unspecified atom stereocenters. The van der Waals surface area contributed by atoms with Crippen LogP contribution in [0.4, 0.5) is 8.78 Å². The van der Waals surface area contributed by atoms with Gasteiger partial charge >= 0.3 is 5.97 Å². The van der Waals surface area contributed by atoms with E-state index < -0.39 is 18.0 Å². The number of rotatable bonds is 4. The molecule has 0 saturated carbocycles. The second-order valence-corrected chi connectivity index (χ2v) is 3.08. The average Bonchev–Trinajstić information content (AvgIpc) is 2.35. The van der Waals surface area contributed by atoms with Gasteiger partial charge in [-0.05, 0) is 6.07 Å². The van der Waals surface area contributed by atoms with Gasteiger partial charge in [-0.25, -0.2) is 18.6 Å². The van der Waals surface area contributed by atoms with Crippen molar-refractivity contribution in [1.29, 1.82) is 0 Å². The first-order chi connectivity index (χ1) is 8.04. The molecule has 7 heteroatoms. The van der Waals surface area contributed by atoms with Crippen molar-refractivity contribution in [2.45, 2.75) is 13.0 Å². The summed E-state index contributed by atoms with van der Waals surface area (Å²) in [7, 11) is 2.36. The molecule has 17 heavy (non-hydrogen) atoms. The molecule has 0 saturated heterocycles. The molecule has 1 aromatic heterocycles. The molecule has 2 N–H and O–H groups in total. The second-order valence-electron chi connectivity index (χ2n) is 3.08. The van der Waals surface area contributed by atoms with Gasteiger partial charge in [0.05, 0.1) is 31.0 Å². The van der Waals surface area contributed by atoms with Gasteiger partial charge in [-0.2, -0.15) is 0 Å². The topological polar surface area (TPSA) is 74.4 Å². The second kappa shape index (κ2) is 5.53. The summed E-state index contributed by atoms with van der Waals surface area (Å²) in [6.07, 6.45) is -2.80. The van der Waals surface area contributed by atoms with Crippen molar-refractivity contribution in [2.75, 3.05) is 14.2 Å². The van der Waals surface area contributed by atoms with Gasteiger partial charge in [-0.15, -0.1) is 0 Å². The fourth-order valence-electron chi connectivity index (χ4n) is 1.31. The lowest BCUT2D eigenvalue weighted by atomic mass is 10.1. The van der Waals surface area contributed by atoms with Gasteiger partial charge in [0, 0.05) is 6.54 Å². The van der Waals surface area contributed by atoms with E-state index in [-0.39, 0.29) is 23.7 Å². The number of hydrogen-bond acceptors (Lipinski definition) is 5. The standard InChI is InChI=1S/C10H12F2N2O3/c1-16-9-6(8(11)12)3-5(10(15)17-2)7(4-13)14-9/h3,8H,4,13H2,1-2H3. The van der Waals surface area contributed by atoms with Crippen LogP contribution >= 0.6 is 0 Å². The van der Waals surface area contributed by atoms with Crippen LogP contribution < -0.4 is 10.5 Å². The Morgan fingerprint density at radius 1 is 1.53 bits per heavy atom. The number of hydrogen-bond donors (Lipinski definition) is 1. The van der Waals surface area contributed by atoms with Crippen molar-refractivity contribution < 1.29 is 23.0 Å². The third kappa shape index (κ3) is 2.68. The van der Waals surface area contributed by atoms with E-state index in [9.17, 15) is 13.6 Å². The Labute approximate surface area is 96.5 Å². The number of methoxy groups -OCH3 is 2. The number of pyridine rings is 1. The highest BCUT2D eigenvalue weighted by Crippen LogP contribution is 2.29. The third-order valence-corrected chi connectivity index (χ3v) is 2.12. The van der Waals surface area contributed by atoms with Crippen molar-refractivity contribution >= 4 is 5.97 Å². The van der Waals surface area contributed by atoms with Gasteiger partial charge in [-0.3, -0.25) is 0 Å². The smallest absolute Gasteiger partial charge is 0.339 e. The molecular weight excluding hydrogens is 234 g/mol. The summed E-state index contributed by atoms with van der Waals surface area (Å²) in [4.78, 5) is 15.1. The molecule has 0 aliphatic rings. The van der Waals surface area contributed by atoms with Crippen LogP contribution in [0.5, 0.6) is 5.88 Å². The Balaban J connectivity index is 3.39. The molecule has 1 aromatic rings. The molecule has 0 aliphatic carbocycles. The van der Waals surface area contributed by atoms with Crippen LogP contribution in [-0.2, 0) is 11.3 Å². The SMILES string of the molecule is COC(=O)c1cc(C(F)F)c(OC)nc1CN. The zero-order valence-corrected chi connectivity index (χ0v) is 9.37. The van der Waals surface area contributed by atoms with Crippen molar-refractivity contribution in [3.05, 3.63) is 22.9 Å². The predicted octanol–water partition coefficient (Wildman–Crippen LogP) is 1.27. The maximum atomic E-state index is 12.7. The summed E-state index contributed by atoms with van der Waals surface area (Å²) in [6, 6.07) is 0.991. The van der Waals surface area contributed by atoms with E-state index in [4.69, 9.17) is 10.5 Å². The molecule has 0 aromatic carbocycles. The average molecular weight is 246 g/mol. The summed E-state index contributed by atoms with van der Waals surface area (Å²) in [5.41, 5.74) is 4.99. The highest BCUT2D eigenvalue weighted by atomic mass is 19.3. The minimum Gasteiger partial charge on any atom is -0.481 e. The van der Waals surface area contributed by atoms with Crippen LogP contribution in [0.3, 0.4) is 0 Å². The molecule has 0 atom stereocenters. The number of alkyl halides is 2. The molecular formula is C10H12F2N2O3. The van der Waals surface area contributed by atoms with E-state index in [1.807, 2.05) is 0 Å². The Kier molecular flexibility index (Phi) is 4.33.